The van der Waals surface area contributed by atoms with Gasteiger partial charge in [-0.2, -0.15) is 0 Å². The van der Waals surface area contributed by atoms with E-state index in [1.165, 1.54) is 18.0 Å². The van der Waals surface area contributed by atoms with Crippen LogP contribution in [-0.4, -0.2) is 29.2 Å². The number of oxazole rings is 1. The van der Waals surface area contributed by atoms with Crippen molar-refractivity contribution in [1.82, 2.24) is 14.5 Å². The summed E-state index contributed by atoms with van der Waals surface area (Å²) in [6.45, 7) is 12.4. The zero-order chi connectivity index (χ0) is 17.3. The molecule has 0 radical (unpaired) electrons. The van der Waals surface area contributed by atoms with Gasteiger partial charge in [-0.15, -0.1) is 0 Å². The predicted octanol–water partition coefficient (Wildman–Crippen LogP) is 4.62. The highest BCUT2D eigenvalue weighted by atomic mass is 28.3. The van der Waals surface area contributed by atoms with E-state index >= 15 is 0 Å². The largest absolute Gasteiger partial charge is 0.442 e. The highest BCUT2D eigenvalue weighted by Gasteiger charge is 2.14. The molecule has 3 rings (SSSR count). The van der Waals surface area contributed by atoms with Gasteiger partial charge >= 0.3 is 0 Å². The van der Waals surface area contributed by atoms with Crippen molar-refractivity contribution in [3.05, 3.63) is 36.0 Å². The fourth-order valence-corrected chi connectivity index (χ4v) is 3.41. The Kier molecular flexibility index (Phi) is 4.60. The van der Waals surface area contributed by atoms with Crippen molar-refractivity contribution < 1.29 is 9.15 Å². The number of fused-ring (bicyclic) bond motifs is 1. The Hall–Kier alpha value is -1.92. The minimum atomic E-state index is -1.06. The van der Waals surface area contributed by atoms with Gasteiger partial charge in [0.1, 0.15) is 18.1 Å². The van der Waals surface area contributed by atoms with Crippen LogP contribution in [0, 0.1) is 13.8 Å². The number of aryl methyl sites for hydroxylation is 2. The van der Waals surface area contributed by atoms with Crippen molar-refractivity contribution in [2.75, 3.05) is 6.61 Å². The molecule has 0 aromatic carbocycles. The highest BCUT2D eigenvalue weighted by Crippen LogP contribution is 2.26. The average molecular weight is 344 g/mol. The normalized spacial score (nSPS) is 12.2. The number of rotatable bonds is 6. The van der Waals surface area contributed by atoms with Crippen LogP contribution in [0.4, 0.5) is 0 Å². The van der Waals surface area contributed by atoms with Crippen molar-refractivity contribution >= 4 is 19.1 Å². The Balaban J connectivity index is 1.84. The molecular weight excluding hydrogens is 318 g/mol. The summed E-state index contributed by atoms with van der Waals surface area (Å²) in [5, 5.41) is 1.14. The van der Waals surface area contributed by atoms with Gasteiger partial charge in [0.25, 0.3) is 0 Å². The van der Waals surface area contributed by atoms with Gasteiger partial charge in [-0.3, -0.25) is 0 Å². The quantitative estimate of drug-likeness (QED) is 0.484. The van der Waals surface area contributed by atoms with E-state index < -0.39 is 8.07 Å². The van der Waals surface area contributed by atoms with E-state index in [1.54, 1.807) is 0 Å². The number of hydrogen-bond donors (Lipinski definition) is 0. The smallest absolute Gasteiger partial charge is 0.181 e. The minimum absolute atomic E-state index is 0.528. The van der Waals surface area contributed by atoms with Crippen molar-refractivity contribution in [1.29, 1.82) is 0 Å². The van der Waals surface area contributed by atoms with Crippen LogP contribution in [0.2, 0.25) is 25.7 Å². The molecule has 0 fully saturated rings. The molecule has 3 heterocycles. The lowest BCUT2D eigenvalue weighted by Crippen LogP contribution is -2.22. The van der Waals surface area contributed by atoms with Crippen LogP contribution in [0.5, 0.6) is 0 Å². The molecule has 0 aliphatic heterocycles. The van der Waals surface area contributed by atoms with Gasteiger partial charge in [-0.05, 0) is 37.6 Å². The standard InChI is InChI=1S/C18H25N3O2Si/c1-13-10-21(12-22-8-9-24(3,4)5)18-15(13)6-7-16(20-18)17-14(2)19-11-23-17/h6-7,10-11H,8-9,12H2,1-5H3. The molecule has 0 unspecified atom stereocenters. The zero-order valence-corrected chi connectivity index (χ0v) is 16.1. The van der Waals surface area contributed by atoms with Crippen LogP contribution < -0.4 is 0 Å². The SMILES string of the molecule is Cc1ncoc1-c1ccc2c(C)cn(COCC[Si](C)(C)C)c2n1. The first-order valence-corrected chi connectivity index (χ1v) is 12.0. The van der Waals surface area contributed by atoms with Crippen molar-refractivity contribution in [2.45, 2.75) is 46.3 Å². The summed E-state index contributed by atoms with van der Waals surface area (Å²) in [6.07, 6.45) is 3.56. The number of nitrogens with zero attached hydrogens (tertiary/aromatic N) is 3. The first-order valence-electron chi connectivity index (χ1n) is 8.30. The maximum absolute atomic E-state index is 5.89. The Bertz CT molecular complexity index is 846. The second-order valence-corrected chi connectivity index (χ2v) is 13.1. The lowest BCUT2D eigenvalue weighted by molar-refractivity contribution is 0.0898. The summed E-state index contributed by atoms with van der Waals surface area (Å²) in [4.78, 5) is 8.93. The molecule has 128 valence electrons. The molecular formula is C18H25N3O2Si. The van der Waals surface area contributed by atoms with Gasteiger partial charge in [0.15, 0.2) is 12.2 Å². The van der Waals surface area contributed by atoms with Gasteiger partial charge in [0.2, 0.25) is 0 Å². The lowest BCUT2D eigenvalue weighted by Gasteiger charge is -2.15. The number of pyridine rings is 1. The summed E-state index contributed by atoms with van der Waals surface area (Å²) in [7, 11) is -1.06. The maximum atomic E-state index is 5.89. The Morgan fingerprint density at radius 1 is 1.21 bits per heavy atom. The maximum Gasteiger partial charge on any atom is 0.181 e. The van der Waals surface area contributed by atoms with Crippen molar-refractivity contribution in [2.24, 2.45) is 0 Å². The van der Waals surface area contributed by atoms with Crippen molar-refractivity contribution in [3.8, 4) is 11.5 Å². The number of hydrogen-bond acceptors (Lipinski definition) is 4. The second kappa shape index (κ2) is 6.53. The molecule has 6 heteroatoms. The first kappa shape index (κ1) is 16.9. The fourth-order valence-electron chi connectivity index (χ4n) is 2.65. The third-order valence-corrected chi connectivity index (χ3v) is 5.83. The van der Waals surface area contributed by atoms with Crippen molar-refractivity contribution in [3.63, 3.8) is 0 Å². The summed E-state index contributed by atoms with van der Waals surface area (Å²) < 4.78 is 13.4. The molecule has 0 saturated carbocycles. The summed E-state index contributed by atoms with van der Waals surface area (Å²) >= 11 is 0. The van der Waals surface area contributed by atoms with E-state index in [0.29, 0.717) is 6.73 Å². The Morgan fingerprint density at radius 3 is 2.67 bits per heavy atom. The average Bonchev–Trinajstić information content (AvgIpc) is 3.07. The van der Waals surface area contributed by atoms with Crippen LogP contribution in [0.15, 0.2) is 29.1 Å². The van der Waals surface area contributed by atoms with Gasteiger partial charge in [-0.25, -0.2) is 9.97 Å². The second-order valence-electron chi connectivity index (χ2n) is 7.46. The zero-order valence-electron chi connectivity index (χ0n) is 15.1. The molecule has 0 atom stereocenters. The topological polar surface area (TPSA) is 53.1 Å². The van der Waals surface area contributed by atoms with E-state index in [0.717, 1.165) is 34.8 Å². The number of ether oxygens (including phenoxy) is 1. The van der Waals surface area contributed by atoms with Crippen LogP contribution >= 0.6 is 0 Å². The van der Waals surface area contributed by atoms with Crippen LogP contribution in [0.3, 0.4) is 0 Å². The Morgan fingerprint density at radius 2 is 2.00 bits per heavy atom. The third kappa shape index (κ3) is 3.60. The molecule has 0 amide bonds. The molecule has 24 heavy (non-hydrogen) atoms. The summed E-state index contributed by atoms with van der Waals surface area (Å²) in [6, 6.07) is 5.24. The molecule has 0 saturated heterocycles. The molecule has 0 aliphatic rings. The molecule has 3 aromatic rings. The number of aromatic nitrogens is 3. The fraction of sp³-hybridized carbons (Fsp3) is 0.444. The van der Waals surface area contributed by atoms with Crippen LogP contribution in [-0.2, 0) is 11.5 Å². The van der Waals surface area contributed by atoms with Crippen LogP contribution in [0.1, 0.15) is 11.3 Å². The third-order valence-electron chi connectivity index (χ3n) is 4.13. The van der Waals surface area contributed by atoms with Gasteiger partial charge in [0.05, 0.1) is 5.69 Å². The van der Waals surface area contributed by atoms with Gasteiger partial charge in [0, 0.05) is 26.3 Å². The monoisotopic (exact) mass is 343 g/mol. The molecule has 5 nitrogen and oxygen atoms in total. The van der Waals surface area contributed by atoms with E-state index in [2.05, 4.69) is 48.4 Å². The van der Waals surface area contributed by atoms with Crippen LogP contribution in [0.25, 0.3) is 22.5 Å². The lowest BCUT2D eigenvalue weighted by atomic mass is 10.2. The summed E-state index contributed by atoms with van der Waals surface area (Å²) in [5.74, 6) is 0.724. The molecule has 3 aromatic heterocycles. The van der Waals surface area contributed by atoms with E-state index in [9.17, 15) is 0 Å². The first-order chi connectivity index (χ1) is 11.3. The molecule has 0 aliphatic carbocycles. The Labute approximate surface area is 143 Å². The summed E-state index contributed by atoms with van der Waals surface area (Å²) in [5.41, 5.74) is 3.78. The van der Waals surface area contributed by atoms with E-state index in [1.807, 2.05) is 13.0 Å². The highest BCUT2D eigenvalue weighted by molar-refractivity contribution is 6.76. The molecule has 0 N–H and O–H groups in total. The van der Waals surface area contributed by atoms with Gasteiger partial charge in [-0.1, -0.05) is 19.6 Å². The predicted molar refractivity (Wildman–Crippen MR) is 98.8 cm³/mol. The van der Waals surface area contributed by atoms with E-state index in [-0.39, 0.29) is 0 Å². The van der Waals surface area contributed by atoms with E-state index in [4.69, 9.17) is 14.1 Å². The molecule has 0 bridgehead atoms. The molecule has 0 spiro atoms. The minimum Gasteiger partial charge on any atom is -0.442 e. The van der Waals surface area contributed by atoms with Gasteiger partial charge < -0.3 is 13.7 Å².